The second kappa shape index (κ2) is 7.07. The normalized spacial score (nSPS) is 12.5. The Kier molecular flexibility index (Phi) is 5.37. The molecule has 2 N–H and O–H groups in total. The van der Waals surface area contributed by atoms with E-state index in [1.165, 1.54) is 20.9 Å². The molecular formula is C18H24N2OS. The van der Waals surface area contributed by atoms with E-state index in [0.29, 0.717) is 6.54 Å². The summed E-state index contributed by atoms with van der Waals surface area (Å²) in [7, 11) is 0. The monoisotopic (exact) mass is 316 g/mol. The quantitative estimate of drug-likeness (QED) is 0.912. The summed E-state index contributed by atoms with van der Waals surface area (Å²) in [5.74, 6) is 0.000265. The lowest BCUT2D eigenvalue weighted by Crippen LogP contribution is -2.44. The number of nitrogens with zero attached hydrogens (tertiary/aromatic N) is 1. The van der Waals surface area contributed by atoms with Crippen molar-refractivity contribution in [1.29, 1.82) is 0 Å². The maximum absolute atomic E-state index is 12.2. The Hall–Kier alpha value is -1.65. The number of nitrogens with two attached hydrogens (primary N) is 1. The molecule has 0 spiro atoms. The van der Waals surface area contributed by atoms with Crippen LogP contribution in [0, 0.1) is 6.92 Å². The number of carbonyl (C=O) groups excluding carboxylic acids is 1. The zero-order chi connectivity index (χ0) is 16.3. The van der Waals surface area contributed by atoms with Gasteiger partial charge >= 0.3 is 0 Å². The second-order valence-corrected chi connectivity index (χ2v) is 7.15. The van der Waals surface area contributed by atoms with E-state index in [-0.39, 0.29) is 11.9 Å². The minimum absolute atomic E-state index is 0.000265. The molecular weight excluding hydrogens is 292 g/mol. The van der Waals surface area contributed by atoms with Crippen molar-refractivity contribution in [3.8, 4) is 10.4 Å². The molecule has 118 valence electrons. The van der Waals surface area contributed by atoms with E-state index >= 15 is 0 Å². The van der Waals surface area contributed by atoms with Gasteiger partial charge in [0.1, 0.15) is 0 Å². The summed E-state index contributed by atoms with van der Waals surface area (Å²) in [6, 6.07) is 12.4. The summed E-state index contributed by atoms with van der Waals surface area (Å²) in [4.78, 5) is 16.5. The van der Waals surface area contributed by atoms with Gasteiger partial charge in [-0.1, -0.05) is 29.8 Å². The zero-order valence-electron chi connectivity index (χ0n) is 13.7. The van der Waals surface area contributed by atoms with Crippen LogP contribution >= 0.6 is 11.3 Å². The van der Waals surface area contributed by atoms with Crippen molar-refractivity contribution in [1.82, 2.24) is 4.90 Å². The summed E-state index contributed by atoms with van der Waals surface area (Å²) in [6.45, 7) is 8.49. The molecule has 0 radical (unpaired) electrons. The Morgan fingerprint density at radius 3 is 2.32 bits per heavy atom. The maximum Gasteiger partial charge on any atom is 0.239 e. The van der Waals surface area contributed by atoms with Crippen molar-refractivity contribution in [3.63, 3.8) is 0 Å². The van der Waals surface area contributed by atoms with Crippen LogP contribution in [0.25, 0.3) is 10.4 Å². The molecule has 0 aliphatic rings. The lowest BCUT2D eigenvalue weighted by molar-refractivity contribution is -0.134. The fourth-order valence-electron chi connectivity index (χ4n) is 2.28. The molecule has 4 heteroatoms. The number of aryl methyl sites for hydroxylation is 1. The molecule has 0 fully saturated rings. The average molecular weight is 316 g/mol. The van der Waals surface area contributed by atoms with Gasteiger partial charge in [0.25, 0.3) is 0 Å². The molecule has 1 atom stereocenters. The molecule has 2 rings (SSSR count). The van der Waals surface area contributed by atoms with Gasteiger partial charge in [0, 0.05) is 15.8 Å². The van der Waals surface area contributed by atoms with Crippen molar-refractivity contribution in [2.45, 2.75) is 46.3 Å². The predicted molar refractivity (Wildman–Crippen MR) is 93.8 cm³/mol. The Bertz CT molecular complexity index is 629. The van der Waals surface area contributed by atoms with Gasteiger partial charge in [0.2, 0.25) is 5.91 Å². The van der Waals surface area contributed by atoms with Crippen LogP contribution in [-0.4, -0.2) is 22.9 Å². The molecule has 1 amide bonds. The molecule has 0 unspecified atom stereocenters. The third-order valence-corrected chi connectivity index (χ3v) is 4.74. The van der Waals surface area contributed by atoms with Gasteiger partial charge in [-0.2, -0.15) is 0 Å². The van der Waals surface area contributed by atoms with E-state index in [9.17, 15) is 4.79 Å². The minimum atomic E-state index is -0.459. The summed E-state index contributed by atoms with van der Waals surface area (Å²) in [6.07, 6.45) is 0. The van der Waals surface area contributed by atoms with Crippen LogP contribution in [0.3, 0.4) is 0 Å². The van der Waals surface area contributed by atoms with Gasteiger partial charge in [-0.3, -0.25) is 4.79 Å². The summed E-state index contributed by atoms with van der Waals surface area (Å²) in [5.41, 5.74) is 8.23. The van der Waals surface area contributed by atoms with E-state index in [1.54, 1.807) is 18.3 Å². The predicted octanol–water partition coefficient (Wildman–Crippen LogP) is 3.81. The Morgan fingerprint density at radius 2 is 1.77 bits per heavy atom. The molecule has 1 heterocycles. The number of thiophene rings is 1. The van der Waals surface area contributed by atoms with Crippen LogP contribution < -0.4 is 5.73 Å². The molecule has 2 aromatic rings. The number of amides is 1. The molecule has 0 aliphatic heterocycles. The summed E-state index contributed by atoms with van der Waals surface area (Å²) >= 11 is 1.73. The van der Waals surface area contributed by atoms with Crippen LogP contribution in [0.15, 0.2) is 36.4 Å². The maximum atomic E-state index is 12.2. The molecule has 0 bridgehead atoms. The van der Waals surface area contributed by atoms with Gasteiger partial charge in [0.15, 0.2) is 0 Å². The van der Waals surface area contributed by atoms with Crippen molar-refractivity contribution < 1.29 is 4.79 Å². The summed E-state index contributed by atoms with van der Waals surface area (Å²) in [5, 5.41) is 0. The van der Waals surface area contributed by atoms with Crippen LogP contribution in [-0.2, 0) is 11.3 Å². The molecule has 0 saturated heterocycles. The highest BCUT2D eigenvalue weighted by atomic mass is 32.1. The highest BCUT2D eigenvalue weighted by Gasteiger charge is 2.21. The minimum Gasteiger partial charge on any atom is -0.334 e. The topological polar surface area (TPSA) is 46.3 Å². The first-order chi connectivity index (χ1) is 10.4. The van der Waals surface area contributed by atoms with Gasteiger partial charge in [0.05, 0.1) is 12.6 Å². The van der Waals surface area contributed by atoms with Gasteiger partial charge in [-0.15, -0.1) is 11.3 Å². The van der Waals surface area contributed by atoms with Crippen LogP contribution in [0.4, 0.5) is 0 Å². The zero-order valence-corrected chi connectivity index (χ0v) is 14.5. The molecule has 1 aromatic carbocycles. The first kappa shape index (κ1) is 16.7. The fourth-order valence-corrected chi connectivity index (χ4v) is 3.29. The number of benzene rings is 1. The van der Waals surface area contributed by atoms with Crippen LogP contribution in [0.2, 0.25) is 0 Å². The highest BCUT2D eigenvalue weighted by molar-refractivity contribution is 7.15. The fraction of sp³-hybridized carbons (Fsp3) is 0.389. The largest absolute Gasteiger partial charge is 0.334 e. The van der Waals surface area contributed by atoms with Gasteiger partial charge < -0.3 is 10.6 Å². The Labute approximate surface area is 136 Å². The lowest BCUT2D eigenvalue weighted by Gasteiger charge is -2.27. The third kappa shape index (κ3) is 3.96. The van der Waals surface area contributed by atoms with Crippen molar-refractivity contribution in [3.05, 3.63) is 46.8 Å². The molecule has 22 heavy (non-hydrogen) atoms. The average Bonchev–Trinajstić information content (AvgIpc) is 2.93. The first-order valence-electron chi connectivity index (χ1n) is 7.60. The van der Waals surface area contributed by atoms with Gasteiger partial charge in [-0.25, -0.2) is 0 Å². The first-order valence-corrected chi connectivity index (χ1v) is 8.42. The lowest BCUT2D eigenvalue weighted by atomic mass is 10.1. The van der Waals surface area contributed by atoms with Crippen molar-refractivity contribution >= 4 is 17.2 Å². The second-order valence-electron chi connectivity index (χ2n) is 5.98. The summed E-state index contributed by atoms with van der Waals surface area (Å²) < 4.78 is 0. The molecule has 1 aromatic heterocycles. The Morgan fingerprint density at radius 1 is 1.14 bits per heavy atom. The van der Waals surface area contributed by atoms with E-state index in [2.05, 4.69) is 43.3 Å². The number of rotatable bonds is 5. The van der Waals surface area contributed by atoms with Gasteiger partial charge in [-0.05, 0) is 45.4 Å². The third-order valence-electron chi connectivity index (χ3n) is 3.62. The number of hydrogen-bond acceptors (Lipinski definition) is 3. The Balaban J connectivity index is 2.16. The van der Waals surface area contributed by atoms with E-state index in [1.807, 2.05) is 18.7 Å². The van der Waals surface area contributed by atoms with E-state index in [0.717, 1.165) is 0 Å². The van der Waals surface area contributed by atoms with Crippen molar-refractivity contribution in [2.24, 2.45) is 5.73 Å². The highest BCUT2D eigenvalue weighted by Crippen LogP contribution is 2.29. The molecule has 3 nitrogen and oxygen atoms in total. The SMILES string of the molecule is Cc1ccc(-c2ccc(CN(C(=O)[C@H](C)N)C(C)C)s2)cc1. The standard InChI is InChI=1S/C18H24N2OS/c1-12(2)20(18(21)14(4)19)11-16-9-10-17(22-16)15-7-5-13(3)6-8-15/h5-10,12,14H,11,19H2,1-4H3/t14-/m0/s1. The van der Waals surface area contributed by atoms with Crippen LogP contribution in [0.1, 0.15) is 31.2 Å². The van der Waals surface area contributed by atoms with Crippen LogP contribution in [0.5, 0.6) is 0 Å². The smallest absolute Gasteiger partial charge is 0.239 e. The van der Waals surface area contributed by atoms with E-state index < -0.39 is 6.04 Å². The molecule has 0 saturated carbocycles. The van der Waals surface area contributed by atoms with E-state index in [4.69, 9.17) is 5.73 Å². The molecule has 0 aliphatic carbocycles. The number of carbonyl (C=O) groups is 1. The number of hydrogen-bond donors (Lipinski definition) is 1. The van der Waals surface area contributed by atoms with Crippen molar-refractivity contribution in [2.75, 3.05) is 0 Å².